The number of carbonyl (C=O) groups is 1. The first-order valence-corrected chi connectivity index (χ1v) is 3.87. The number of benzene rings is 1. The van der Waals surface area contributed by atoms with E-state index in [-0.39, 0.29) is 11.5 Å². The van der Waals surface area contributed by atoms with E-state index in [1.165, 1.54) is 0 Å². The number of aryl methyl sites for hydroxylation is 1. The number of hydrogen-bond donors (Lipinski definition) is 1. The van der Waals surface area contributed by atoms with Gasteiger partial charge in [0.05, 0.1) is 0 Å². The Morgan fingerprint density at radius 2 is 2.08 bits per heavy atom. The van der Waals surface area contributed by atoms with Crippen molar-refractivity contribution in [2.24, 2.45) is 0 Å². The highest BCUT2D eigenvalue weighted by Gasteiger charge is 1.99. The zero-order valence-electron chi connectivity index (χ0n) is 7.29. The lowest BCUT2D eigenvalue weighted by Gasteiger charge is -2.00. The minimum absolute atomic E-state index is 0.111. The second kappa shape index (κ2) is 3.39. The lowest BCUT2D eigenvalue weighted by Crippen LogP contribution is -1.96. The normalized spacial score (nSPS) is 9.83. The molecular formula is C10H12O2. The van der Waals surface area contributed by atoms with E-state index >= 15 is 0 Å². The van der Waals surface area contributed by atoms with Gasteiger partial charge in [-0.05, 0) is 37.1 Å². The monoisotopic (exact) mass is 164 g/mol. The van der Waals surface area contributed by atoms with Crippen LogP contribution in [0.3, 0.4) is 0 Å². The third-order valence-electron chi connectivity index (χ3n) is 1.57. The molecule has 1 aromatic carbocycles. The number of Topliss-reactive ketones (excluding diaryl/α,β-unsaturated/α-hetero) is 1. The summed E-state index contributed by atoms with van der Waals surface area (Å²) in [6, 6.07) is 5.19. The van der Waals surface area contributed by atoms with Gasteiger partial charge in [0.25, 0.3) is 0 Å². The van der Waals surface area contributed by atoms with Crippen LogP contribution in [0.25, 0.3) is 0 Å². The van der Waals surface area contributed by atoms with Crippen molar-refractivity contribution in [2.45, 2.75) is 20.3 Å². The number of phenolic OH excluding ortho intramolecular Hbond substituents is 1. The summed E-state index contributed by atoms with van der Waals surface area (Å²) in [6.45, 7) is 3.43. The SMILES string of the molecule is CC(=O)Cc1cc(C)cc(O)c1. The average Bonchev–Trinajstić information content (AvgIpc) is 1.81. The van der Waals surface area contributed by atoms with Gasteiger partial charge < -0.3 is 5.11 Å². The molecule has 0 aliphatic carbocycles. The molecule has 64 valence electrons. The fraction of sp³-hybridized carbons (Fsp3) is 0.300. The summed E-state index contributed by atoms with van der Waals surface area (Å²) < 4.78 is 0. The molecule has 12 heavy (non-hydrogen) atoms. The number of aromatic hydroxyl groups is 1. The standard InChI is InChI=1S/C10H12O2/c1-7-3-9(5-8(2)11)6-10(12)4-7/h3-4,6,12H,5H2,1-2H3. The summed E-state index contributed by atoms with van der Waals surface area (Å²) in [4.78, 5) is 10.8. The zero-order valence-corrected chi connectivity index (χ0v) is 7.29. The molecule has 0 aliphatic heterocycles. The van der Waals surface area contributed by atoms with Crippen molar-refractivity contribution >= 4 is 5.78 Å². The molecule has 0 aliphatic rings. The van der Waals surface area contributed by atoms with Gasteiger partial charge in [0.15, 0.2) is 0 Å². The predicted molar refractivity (Wildman–Crippen MR) is 47.2 cm³/mol. The largest absolute Gasteiger partial charge is 0.508 e. The van der Waals surface area contributed by atoms with Gasteiger partial charge in [-0.25, -0.2) is 0 Å². The van der Waals surface area contributed by atoms with Gasteiger partial charge in [0, 0.05) is 6.42 Å². The average molecular weight is 164 g/mol. The minimum Gasteiger partial charge on any atom is -0.508 e. The second-order valence-corrected chi connectivity index (χ2v) is 3.06. The van der Waals surface area contributed by atoms with Crippen molar-refractivity contribution in [3.05, 3.63) is 29.3 Å². The van der Waals surface area contributed by atoms with Crippen molar-refractivity contribution in [1.82, 2.24) is 0 Å². The summed E-state index contributed by atoms with van der Waals surface area (Å²) in [5.41, 5.74) is 1.85. The maximum Gasteiger partial charge on any atom is 0.134 e. The minimum atomic E-state index is 0.111. The highest BCUT2D eigenvalue weighted by Crippen LogP contribution is 2.15. The molecule has 0 fully saturated rings. The fourth-order valence-corrected chi connectivity index (χ4v) is 1.23. The Hall–Kier alpha value is -1.31. The molecule has 0 aromatic heterocycles. The van der Waals surface area contributed by atoms with Crippen LogP contribution >= 0.6 is 0 Å². The maximum absolute atomic E-state index is 10.8. The van der Waals surface area contributed by atoms with Gasteiger partial charge in [-0.3, -0.25) is 4.79 Å². The Bertz CT molecular complexity index is 282. The number of phenols is 1. The highest BCUT2D eigenvalue weighted by atomic mass is 16.3. The Kier molecular flexibility index (Phi) is 2.48. The molecule has 1 aromatic rings. The quantitative estimate of drug-likeness (QED) is 0.724. The third-order valence-corrected chi connectivity index (χ3v) is 1.57. The molecule has 0 amide bonds. The lowest BCUT2D eigenvalue weighted by atomic mass is 10.1. The number of carbonyl (C=O) groups excluding carboxylic acids is 1. The van der Waals surface area contributed by atoms with Gasteiger partial charge in [-0.15, -0.1) is 0 Å². The summed E-state index contributed by atoms with van der Waals surface area (Å²) >= 11 is 0. The van der Waals surface area contributed by atoms with Crippen molar-refractivity contribution in [1.29, 1.82) is 0 Å². The van der Waals surface area contributed by atoms with E-state index in [1.807, 2.05) is 13.0 Å². The Labute approximate surface area is 71.8 Å². The van der Waals surface area contributed by atoms with Crippen molar-refractivity contribution in [2.75, 3.05) is 0 Å². The molecule has 0 radical (unpaired) electrons. The van der Waals surface area contributed by atoms with Crippen LogP contribution in [0.15, 0.2) is 18.2 Å². The molecule has 0 saturated heterocycles. The first-order chi connectivity index (χ1) is 5.58. The van der Waals surface area contributed by atoms with Crippen LogP contribution in [0.1, 0.15) is 18.1 Å². The van der Waals surface area contributed by atoms with Crippen LogP contribution in [0.4, 0.5) is 0 Å². The summed E-state index contributed by atoms with van der Waals surface area (Å²) in [5.74, 6) is 0.339. The fourth-order valence-electron chi connectivity index (χ4n) is 1.23. The van der Waals surface area contributed by atoms with E-state index in [1.54, 1.807) is 19.1 Å². The van der Waals surface area contributed by atoms with Crippen LogP contribution in [0.2, 0.25) is 0 Å². The molecule has 0 heterocycles. The van der Waals surface area contributed by atoms with E-state index in [0.717, 1.165) is 11.1 Å². The maximum atomic E-state index is 10.8. The Morgan fingerprint density at radius 3 is 2.58 bits per heavy atom. The van der Waals surface area contributed by atoms with Crippen LogP contribution in [0.5, 0.6) is 5.75 Å². The lowest BCUT2D eigenvalue weighted by molar-refractivity contribution is -0.116. The van der Waals surface area contributed by atoms with Crippen LogP contribution in [-0.2, 0) is 11.2 Å². The number of ketones is 1. The molecule has 2 nitrogen and oxygen atoms in total. The summed E-state index contributed by atoms with van der Waals surface area (Å²) in [7, 11) is 0. The van der Waals surface area contributed by atoms with Crippen molar-refractivity contribution < 1.29 is 9.90 Å². The molecule has 0 saturated carbocycles. The molecule has 1 rings (SSSR count). The molecule has 2 heteroatoms. The zero-order chi connectivity index (χ0) is 9.14. The second-order valence-electron chi connectivity index (χ2n) is 3.06. The number of rotatable bonds is 2. The van der Waals surface area contributed by atoms with Gasteiger partial charge >= 0.3 is 0 Å². The first kappa shape index (κ1) is 8.78. The highest BCUT2D eigenvalue weighted by molar-refractivity contribution is 5.78. The van der Waals surface area contributed by atoms with E-state index < -0.39 is 0 Å². The molecule has 0 atom stereocenters. The molecular weight excluding hydrogens is 152 g/mol. The molecule has 0 unspecified atom stereocenters. The van der Waals surface area contributed by atoms with Gasteiger partial charge in [-0.2, -0.15) is 0 Å². The van der Waals surface area contributed by atoms with E-state index in [0.29, 0.717) is 6.42 Å². The molecule has 0 spiro atoms. The van der Waals surface area contributed by atoms with Crippen LogP contribution in [0, 0.1) is 6.92 Å². The van der Waals surface area contributed by atoms with Crippen LogP contribution < -0.4 is 0 Å². The number of hydrogen-bond acceptors (Lipinski definition) is 2. The smallest absolute Gasteiger partial charge is 0.134 e. The first-order valence-electron chi connectivity index (χ1n) is 3.87. The topological polar surface area (TPSA) is 37.3 Å². The van der Waals surface area contributed by atoms with E-state index in [2.05, 4.69) is 0 Å². The summed E-state index contributed by atoms with van der Waals surface area (Å²) in [5, 5.41) is 9.20. The third kappa shape index (κ3) is 2.38. The van der Waals surface area contributed by atoms with Gasteiger partial charge in [-0.1, -0.05) is 6.07 Å². The van der Waals surface area contributed by atoms with Gasteiger partial charge in [0.2, 0.25) is 0 Å². The predicted octanol–water partition coefficient (Wildman–Crippen LogP) is 1.83. The van der Waals surface area contributed by atoms with E-state index in [4.69, 9.17) is 0 Å². The Morgan fingerprint density at radius 1 is 1.42 bits per heavy atom. The molecule has 0 bridgehead atoms. The Balaban J connectivity index is 2.93. The van der Waals surface area contributed by atoms with Gasteiger partial charge in [0.1, 0.15) is 11.5 Å². The van der Waals surface area contributed by atoms with Crippen LogP contribution in [-0.4, -0.2) is 10.9 Å². The summed E-state index contributed by atoms with van der Waals surface area (Å²) in [6.07, 6.45) is 0.398. The van der Waals surface area contributed by atoms with E-state index in [9.17, 15) is 9.90 Å². The van der Waals surface area contributed by atoms with Crippen molar-refractivity contribution in [3.63, 3.8) is 0 Å². The van der Waals surface area contributed by atoms with Crippen molar-refractivity contribution in [3.8, 4) is 5.75 Å². The molecule has 1 N–H and O–H groups in total.